The first-order valence-corrected chi connectivity index (χ1v) is 19.6. The summed E-state index contributed by atoms with van der Waals surface area (Å²) in [5, 5.41) is 0. The molecule has 0 aromatic carbocycles. The molecule has 0 aliphatic heterocycles. The summed E-state index contributed by atoms with van der Waals surface area (Å²) in [5.41, 5.74) is 0. The largest absolute Gasteiger partial charge is 0.466 e. The summed E-state index contributed by atoms with van der Waals surface area (Å²) in [6.07, 6.45) is 50.1. The molecule has 0 rings (SSSR count). The highest BCUT2D eigenvalue weighted by atomic mass is 16.5. The van der Waals surface area contributed by atoms with Crippen LogP contribution in [0.3, 0.4) is 0 Å². The van der Waals surface area contributed by atoms with E-state index in [-0.39, 0.29) is 5.97 Å². The van der Waals surface area contributed by atoms with Gasteiger partial charge >= 0.3 is 5.97 Å². The van der Waals surface area contributed by atoms with Gasteiger partial charge in [0.2, 0.25) is 0 Å². The highest BCUT2D eigenvalue weighted by Crippen LogP contribution is 2.15. The van der Waals surface area contributed by atoms with Gasteiger partial charge in [0.1, 0.15) is 0 Å². The average Bonchev–Trinajstić information content (AvgIpc) is 3.00. The molecule has 0 atom stereocenters. The highest BCUT2D eigenvalue weighted by molar-refractivity contribution is 5.69. The van der Waals surface area contributed by atoms with Gasteiger partial charge in [-0.3, -0.25) is 4.79 Å². The summed E-state index contributed by atoms with van der Waals surface area (Å²) in [6.45, 7) is 5.20. The van der Waals surface area contributed by atoms with Gasteiger partial charge in [-0.1, -0.05) is 199 Å². The molecule has 42 heavy (non-hydrogen) atoms. The van der Waals surface area contributed by atoms with Crippen molar-refractivity contribution in [2.24, 2.45) is 0 Å². The van der Waals surface area contributed by atoms with Crippen LogP contribution < -0.4 is 0 Å². The Morgan fingerprint density at radius 3 is 1.02 bits per heavy atom. The fourth-order valence-electron chi connectivity index (χ4n) is 5.96. The third-order valence-electron chi connectivity index (χ3n) is 8.90. The molecule has 0 fully saturated rings. The van der Waals surface area contributed by atoms with E-state index in [4.69, 9.17) is 4.74 Å². The molecular weight excluding hydrogens is 512 g/mol. The second-order valence-corrected chi connectivity index (χ2v) is 13.3. The predicted molar refractivity (Wildman–Crippen MR) is 188 cm³/mol. The molecule has 0 aliphatic carbocycles. The van der Waals surface area contributed by atoms with E-state index in [1.54, 1.807) is 0 Å². The lowest BCUT2D eigenvalue weighted by Crippen LogP contribution is -2.05. The maximum absolute atomic E-state index is 11.9. The smallest absolute Gasteiger partial charge is 0.305 e. The van der Waals surface area contributed by atoms with Crippen LogP contribution in [0, 0.1) is 0 Å². The average molecular weight is 591 g/mol. The van der Waals surface area contributed by atoms with Gasteiger partial charge in [-0.2, -0.15) is 0 Å². The first-order valence-electron chi connectivity index (χ1n) is 19.6. The molecule has 0 unspecified atom stereocenters. The first-order chi connectivity index (χ1) is 20.8. The summed E-state index contributed by atoms with van der Waals surface area (Å²) >= 11 is 0. The van der Waals surface area contributed by atoms with E-state index < -0.39 is 0 Å². The lowest BCUT2D eigenvalue weighted by molar-refractivity contribution is -0.143. The van der Waals surface area contributed by atoms with Crippen LogP contribution in [0.1, 0.15) is 232 Å². The second-order valence-electron chi connectivity index (χ2n) is 13.3. The summed E-state index contributed by atoms with van der Waals surface area (Å²) in [6, 6.07) is 0. The van der Waals surface area contributed by atoms with Crippen LogP contribution in [0.4, 0.5) is 0 Å². The van der Waals surface area contributed by atoms with Crippen molar-refractivity contribution in [3.8, 4) is 0 Å². The van der Waals surface area contributed by atoms with Crippen molar-refractivity contribution in [3.63, 3.8) is 0 Å². The van der Waals surface area contributed by atoms with Gasteiger partial charge in [-0.15, -0.1) is 0 Å². The van der Waals surface area contributed by atoms with Gasteiger partial charge in [0.05, 0.1) is 6.61 Å². The quantitative estimate of drug-likeness (QED) is 0.0412. The lowest BCUT2D eigenvalue weighted by Gasteiger charge is -2.05. The number of rotatable bonds is 36. The zero-order valence-electron chi connectivity index (χ0n) is 29.2. The van der Waals surface area contributed by atoms with E-state index in [2.05, 4.69) is 26.0 Å². The Labute approximate surface area is 266 Å². The molecule has 2 heteroatoms. The lowest BCUT2D eigenvalue weighted by atomic mass is 10.0. The Morgan fingerprint density at radius 1 is 0.381 bits per heavy atom. The predicted octanol–water partition coefficient (Wildman–Crippen LogP) is 14.4. The third-order valence-corrected chi connectivity index (χ3v) is 8.90. The molecule has 0 radical (unpaired) electrons. The van der Waals surface area contributed by atoms with Crippen molar-refractivity contribution >= 4 is 5.97 Å². The molecule has 0 amide bonds. The number of hydrogen-bond donors (Lipinski definition) is 0. The van der Waals surface area contributed by atoms with E-state index in [0.717, 1.165) is 19.3 Å². The van der Waals surface area contributed by atoms with Crippen LogP contribution in [0.5, 0.6) is 0 Å². The zero-order valence-corrected chi connectivity index (χ0v) is 29.2. The second kappa shape index (κ2) is 38.2. The molecule has 0 aromatic heterocycles. The molecule has 0 saturated carbocycles. The minimum Gasteiger partial charge on any atom is -0.466 e. The maximum Gasteiger partial charge on any atom is 0.305 e. The summed E-state index contributed by atoms with van der Waals surface area (Å²) in [4.78, 5) is 11.9. The van der Waals surface area contributed by atoms with Gasteiger partial charge in [0, 0.05) is 6.42 Å². The molecule has 0 aliphatic rings. The third kappa shape index (κ3) is 37.2. The van der Waals surface area contributed by atoms with Gasteiger partial charge in [-0.25, -0.2) is 0 Å². The fraction of sp³-hybridized carbons (Fsp3) is 0.925. The number of hydrogen-bond acceptors (Lipinski definition) is 2. The van der Waals surface area contributed by atoms with Crippen molar-refractivity contribution in [2.75, 3.05) is 6.61 Å². The Kier molecular flexibility index (Phi) is 37.5. The molecule has 0 saturated heterocycles. The van der Waals surface area contributed by atoms with Crippen molar-refractivity contribution in [1.29, 1.82) is 0 Å². The summed E-state index contributed by atoms with van der Waals surface area (Å²) < 4.78 is 5.43. The van der Waals surface area contributed by atoms with Gasteiger partial charge < -0.3 is 4.74 Å². The Bertz CT molecular complexity index is 526. The Balaban J connectivity index is 3.19. The van der Waals surface area contributed by atoms with E-state index in [0.29, 0.717) is 13.0 Å². The van der Waals surface area contributed by atoms with Crippen molar-refractivity contribution in [3.05, 3.63) is 12.2 Å². The van der Waals surface area contributed by atoms with Crippen LogP contribution in [-0.2, 0) is 9.53 Å². The minimum atomic E-state index is 0.0152. The van der Waals surface area contributed by atoms with E-state index in [1.165, 1.54) is 193 Å². The number of esters is 1. The zero-order chi connectivity index (χ0) is 30.4. The minimum absolute atomic E-state index is 0.0152. The van der Waals surface area contributed by atoms with Crippen molar-refractivity contribution < 1.29 is 9.53 Å². The number of carbonyl (C=O) groups is 1. The molecule has 2 nitrogen and oxygen atoms in total. The van der Waals surface area contributed by atoms with Crippen LogP contribution in [0.2, 0.25) is 0 Å². The van der Waals surface area contributed by atoms with E-state index >= 15 is 0 Å². The molecular formula is C40H78O2. The Hall–Kier alpha value is -0.790. The molecule has 0 heterocycles. The number of allylic oxidation sites excluding steroid dienone is 2. The van der Waals surface area contributed by atoms with E-state index in [9.17, 15) is 4.79 Å². The molecule has 0 N–H and O–H groups in total. The molecule has 0 bridgehead atoms. The molecule has 0 aromatic rings. The van der Waals surface area contributed by atoms with Crippen LogP contribution in [0.25, 0.3) is 0 Å². The SMILES string of the molecule is CCCCCCCCCCCCCCCCC/C=C\CCCCCCC(=O)OCCCCCCCCCCCCCC. The van der Waals surface area contributed by atoms with Crippen LogP contribution in [0.15, 0.2) is 12.2 Å². The highest BCUT2D eigenvalue weighted by Gasteiger charge is 2.02. The van der Waals surface area contributed by atoms with E-state index in [1.807, 2.05) is 0 Å². The normalized spacial score (nSPS) is 11.6. The van der Waals surface area contributed by atoms with Gasteiger partial charge in [-0.05, 0) is 38.5 Å². The molecule has 250 valence electrons. The monoisotopic (exact) mass is 591 g/mol. The number of ether oxygens (including phenoxy) is 1. The first kappa shape index (κ1) is 41.2. The molecule has 0 spiro atoms. The van der Waals surface area contributed by atoms with Gasteiger partial charge in [0.15, 0.2) is 0 Å². The standard InChI is InChI=1S/C40H78O2/c1-3-5-7-9-11-13-15-17-18-19-20-21-22-23-24-25-26-27-28-30-32-34-36-38-40(41)42-39-37-35-33-31-29-16-14-12-10-8-6-4-2/h26-27H,3-25,28-39H2,1-2H3/b27-26-. The van der Waals surface area contributed by atoms with Crippen LogP contribution in [-0.4, -0.2) is 12.6 Å². The van der Waals surface area contributed by atoms with Crippen molar-refractivity contribution in [2.45, 2.75) is 232 Å². The fourth-order valence-corrected chi connectivity index (χ4v) is 5.96. The Morgan fingerprint density at radius 2 is 0.667 bits per heavy atom. The topological polar surface area (TPSA) is 26.3 Å². The van der Waals surface area contributed by atoms with Gasteiger partial charge in [0.25, 0.3) is 0 Å². The van der Waals surface area contributed by atoms with Crippen LogP contribution >= 0.6 is 0 Å². The number of carbonyl (C=O) groups excluding carboxylic acids is 1. The maximum atomic E-state index is 11.9. The summed E-state index contributed by atoms with van der Waals surface area (Å²) in [7, 11) is 0. The van der Waals surface area contributed by atoms with Crippen molar-refractivity contribution in [1.82, 2.24) is 0 Å². The summed E-state index contributed by atoms with van der Waals surface area (Å²) in [5.74, 6) is 0.0152. The number of unbranched alkanes of at least 4 members (excludes halogenated alkanes) is 30.